The van der Waals surface area contributed by atoms with E-state index in [9.17, 15) is 0 Å². The molecule has 3 aromatic rings. The van der Waals surface area contributed by atoms with Crippen molar-refractivity contribution in [3.05, 3.63) is 47.7 Å². The van der Waals surface area contributed by atoms with Crippen LogP contribution in [0.15, 0.2) is 47.2 Å². The van der Waals surface area contributed by atoms with E-state index >= 15 is 0 Å². The summed E-state index contributed by atoms with van der Waals surface area (Å²) >= 11 is 6.25. The number of nitrogens with two attached hydrogens (primary N) is 1. The van der Waals surface area contributed by atoms with Crippen molar-refractivity contribution in [1.82, 2.24) is 10.1 Å². The molecular formula is C15H12ClN3O2. The highest BCUT2D eigenvalue weighted by molar-refractivity contribution is 6.33. The van der Waals surface area contributed by atoms with E-state index in [1.807, 2.05) is 18.2 Å². The first kappa shape index (κ1) is 13.5. The molecule has 21 heavy (non-hydrogen) atoms. The summed E-state index contributed by atoms with van der Waals surface area (Å²) in [7, 11) is 1.56. The van der Waals surface area contributed by atoms with Gasteiger partial charge < -0.3 is 15.0 Å². The molecule has 0 atom stereocenters. The number of ether oxygens (including phenoxy) is 1. The second-order valence-electron chi connectivity index (χ2n) is 4.33. The fourth-order valence-electron chi connectivity index (χ4n) is 2.14. The Bertz CT molecular complexity index is 786. The van der Waals surface area contributed by atoms with E-state index in [4.69, 9.17) is 26.6 Å². The van der Waals surface area contributed by atoms with Gasteiger partial charge in [-0.3, -0.25) is 4.98 Å². The first-order chi connectivity index (χ1) is 10.2. The lowest BCUT2D eigenvalue weighted by Gasteiger charge is -2.08. The molecule has 0 radical (unpaired) electrons. The Morgan fingerprint density at radius 3 is 2.76 bits per heavy atom. The maximum absolute atomic E-state index is 6.25. The molecule has 1 aromatic carbocycles. The van der Waals surface area contributed by atoms with Gasteiger partial charge in [0.1, 0.15) is 5.75 Å². The van der Waals surface area contributed by atoms with Crippen molar-refractivity contribution >= 4 is 17.4 Å². The second-order valence-corrected chi connectivity index (χ2v) is 4.73. The maximum Gasteiger partial charge on any atom is 0.180 e. The lowest BCUT2D eigenvalue weighted by atomic mass is 10.0. The number of aromatic nitrogens is 2. The molecule has 2 heterocycles. The van der Waals surface area contributed by atoms with Crippen LogP contribution >= 0.6 is 11.6 Å². The van der Waals surface area contributed by atoms with Crippen molar-refractivity contribution < 1.29 is 9.26 Å². The lowest BCUT2D eigenvalue weighted by Crippen LogP contribution is -1.92. The highest BCUT2D eigenvalue weighted by Gasteiger charge is 2.22. The van der Waals surface area contributed by atoms with Crippen LogP contribution in [0, 0.1) is 0 Å². The molecule has 0 saturated carbocycles. The molecule has 0 saturated heterocycles. The summed E-state index contributed by atoms with van der Waals surface area (Å²) in [4.78, 5) is 4.02. The molecule has 6 heteroatoms. The van der Waals surface area contributed by atoms with E-state index in [1.54, 1.807) is 31.6 Å². The van der Waals surface area contributed by atoms with Gasteiger partial charge in [0, 0.05) is 16.8 Å². The summed E-state index contributed by atoms with van der Waals surface area (Å²) in [5.41, 5.74) is 8.07. The topological polar surface area (TPSA) is 74.2 Å². The van der Waals surface area contributed by atoms with Gasteiger partial charge in [0.25, 0.3) is 0 Å². The van der Waals surface area contributed by atoms with Crippen molar-refractivity contribution in [3.8, 4) is 28.2 Å². The van der Waals surface area contributed by atoms with Crippen molar-refractivity contribution in [2.45, 2.75) is 0 Å². The predicted molar refractivity (Wildman–Crippen MR) is 81.1 cm³/mol. The standard InChI is InChI=1S/C15H12ClN3O2/c1-20-12-8-18-7-6-10(12)14-13(15(17)19-21-14)9-4-2-3-5-11(9)16/h2-8H,1H3,(H2,17,19). The van der Waals surface area contributed by atoms with Crippen LogP contribution in [0.25, 0.3) is 22.5 Å². The quantitative estimate of drug-likeness (QED) is 0.799. The molecule has 0 aliphatic heterocycles. The first-order valence-corrected chi connectivity index (χ1v) is 6.58. The van der Waals surface area contributed by atoms with Crippen LogP contribution in [0.3, 0.4) is 0 Å². The van der Waals surface area contributed by atoms with Crippen LogP contribution in [0.4, 0.5) is 5.82 Å². The predicted octanol–water partition coefficient (Wildman–Crippen LogP) is 3.65. The molecule has 2 aromatic heterocycles. The maximum atomic E-state index is 6.25. The highest BCUT2D eigenvalue weighted by Crippen LogP contribution is 2.42. The van der Waals surface area contributed by atoms with Gasteiger partial charge in [-0.1, -0.05) is 35.0 Å². The number of rotatable bonds is 3. The zero-order chi connectivity index (χ0) is 14.8. The number of halogens is 1. The highest BCUT2D eigenvalue weighted by atomic mass is 35.5. The van der Waals surface area contributed by atoms with Crippen molar-refractivity contribution in [2.75, 3.05) is 12.8 Å². The third-order valence-electron chi connectivity index (χ3n) is 3.11. The summed E-state index contributed by atoms with van der Waals surface area (Å²) in [5, 5.41) is 4.43. The first-order valence-electron chi connectivity index (χ1n) is 6.20. The minimum absolute atomic E-state index is 0.275. The Balaban J connectivity index is 2.25. The molecule has 3 rings (SSSR count). The number of benzene rings is 1. The monoisotopic (exact) mass is 301 g/mol. The SMILES string of the molecule is COc1cnccc1-c1onc(N)c1-c1ccccc1Cl. The van der Waals surface area contributed by atoms with Gasteiger partial charge >= 0.3 is 0 Å². The summed E-state index contributed by atoms with van der Waals surface area (Å²) in [5.74, 6) is 1.35. The van der Waals surface area contributed by atoms with Gasteiger partial charge in [-0.2, -0.15) is 0 Å². The Hall–Kier alpha value is -2.53. The van der Waals surface area contributed by atoms with Crippen molar-refractivity contribution in [1.29, 1.82) is 0 Å². The molecule has 0 amide bonds. The van der Waals surface area contributed by atoms with E-state index in [0.29, 0.717) is 27.7 Å². The second kappa shape index (κ2) is 5.46. The largest absolute Gasteiger partial charge is 0.494 e. The van der Waals surface area contributed by atoms with Gasteiger partial charge in [0.15, 0.2) is 11.6 Å². The lowest BCUT2D eigenvalue weighted by molar-refractivity contribution is 0.405. The van der Waals surface area contributed by atoms with Crippen LogP contribution in [-0.4, -0.2) is 17.3 Å². The average molecular weight is 302 g/mol. The van der Waals surface area contributed by atoms with Crippen LogP contribution < -0.4 is 10.5 Å². The van der Waals surface area contributed by atoms with Crippen LogP contribution in [0.2, 0.25) is 5.02 Å². The zero-order valence-electron chi connectivity index (χ0n) is 11.2. The fraction of sp³-hybridized carbons (Fsp3) is 0.0667. The van der Waals surface area contributed by atoms with Gasteiger partial charge in [0.05, 0.1) is 24.4 Å². The minimum atomic E-state index is 0.275. The number of nitrogens with zero attached hydrogens (tertiary/aromatic N) is 2. The molecule has 0 aliphatic carbocycles. The molecule has 0 fully saturated rings. The van der Waals surface area contributed by atoms with E-state index in [0.717, 1.165) is 5.56 Å². The Morgan fingerprint density at radius 2 is 2.00 bits per heavy atom. The van der Waals surface area contributed by atoms with E-state index in [-0.39, 0.29) is 5.82 Å². The molecule has 2 N–H and O–H groups in total. The van der Waals surface area contributed by atoms with Crippen LogP contribution in [0.5, 0.6) is 5.75 Å². The van der Waals surface area contributed by atoms with E-state index < -0.39 is 0 Å². The van der Waals surface area contributed by atoms with Gasteiger partial charge in [-0.25, -0.2) is 0 Å². The number of hydrogen-bond acceptors (Lipinski definition) is 5. The molecular weight excluding hydrogens is 290 g/mol. The Labute approximate surface area is 126 Å². The van der Waals surface area contributed by atoms with Gasteiger partial charge in [0.2, 0.25) is 0 Å². The normalized spacial score (nSPS) is 10.6. The summed E-state index contributed by atoms with van der Waals surface area (Å²) < 4.78 is 10.7. The Morgan fingerprint density at radius 1 is 1.19 bits per heavy atom. The van der Waals surface area contributed by atoms with Gasteiger partial charge in [-0.15, -0.1) is 0 Å². The van der Waals surface area contributed by atoms with Crippen molar-refractivity contribution in [2.24, 2.45) is 0 Å². The summed E-state index contributed by atoms with van der Waals surface area (Å²) in [6.45, 7) is 0. The van der Waals surface area contributed by atoms with E-state index in [2.05, 4.69) is 10.1 Å². The third kappa shape index (κ3) is 2.32. The molecule has 0 aliphatic rings. The molecule has 0 bridgehead atoms. The number of pyridine rings is 1. The number of methoxy groups -OCH3 is 1. The average Bonchev–Trinajstić information content (AvgIpc) is 2.89. The number of anilines is 1. The number of hydrogen-bond donors (Lipinski definition) is 1. The Kier molecular flexibility index (Phi) is 3.50. The van der Waals surface area contributed by atoms with Crippen LogP contribution in [0.1, 0.15) is 0 Å². The van der Waals surface area contributed by atoms with Gasteiger partial charge in [-0.05, 0) is 12.1 Å². The van der Waals surface area contributed by atoms with E-state index in [1.165, 1.54) is 0 Å². The van der Waals surface area contributed by atoms with Crippen molar-refractivity contribution in [3.63, 3.8) is 0 Å². The zero-order valence-corrected chi connectivity index (χ0v) is 12.0. The summed E-state index contributed by atoms with van der Waals surface area (Å²) in [6.07, 6.45) is 3.25. The molecule has 5 nitrogen and oxygen atoms in total. The van der Waals surface area contributed by atoms with Crippen LogP contribution in [-0.2, 0) is 0 Å². The fourth-order valence-corrected chi connectivity index (χ4v) is 2.37. The molecule has 106 valence electrons. The summed E-state index contributed by atoms with van der Waals surface area (Å²) in [6, 6.07) is 9.15. The third-order valence-corrected chi connectivity index (χ3v) is 3.44. The molecule has 0 spiro atoms. The minimum Gasteiger partial charge on any atom is -0.494 e. The molecule has 0 unspecified atom stereocenters. The smallest absolute Gasteiger partial charge is 0.180 e. The number of nitrogen functional groups attached to an aromatic ring is 1.